The summed E-state index contributed by atoms with van der Waals surface area (Å²) in [6.07, 6.45) is 1.22. The zero-order chi connectivity index (χ0) is 24.1. The van der Waals surface area contributed by atoms with E-state index in [1.54, 1.807) is 60.7 Å². The van der Waals surface area contributed by atoms with Crippen molar-refractivity contribution in [2.24, 2.45) is 0 Å². The molecule has 9 heteroatoms. The van der Waals surface area contributed by atoms with Gasteiger partial charge in [-0.15, -0.1) is 0 Å². The topological polar surface area (TPSA) is 87.7 Å². The van der Waals surface area contributed by atoms with E-state index in [0.717, 1.165) is 0 Å². The molecule has 1 heterocycles. The lowest BCUT2D eigenvalue weighted by molar-refractivity contribution is -0.129. The van der Waals surface area contributed by atoms with Crippen LogP contribution in [0.4, 0.5) is 31.5 Å². The van der Waals surface area contributed by atoms with Gasteiger partial charge in [0.25, 0.3) is 5.91 Å². The normalized spacial score (nSPS) is 13.7. The van der Waals surface area contributed by atoms with E-state index in [2.05, 4.69) is 15.4 Å². The SMILES string of the molecule is O=C(Nc1ccc(N2C(=O)CCCC2=O)cc1)c1ccccc1Nc1ccc(OC(F)F)cc1. The minimum Gasteiger partial charge on any atom is -0.435 e. The molecule has 3 aromatic rings. The zero-order valence-electron chi connectivity index (χ0n) is 18.0. The van der Waals surface area contributed by atoms with Crippen LogP contribution in [0.2, 0.25) is 0 Å². The van der Waals surface area contributed by atoms with Crippen molar-refractivity contribution in [3.8, 4) is 5.75 Å². The number of carbonyl (C=O) groups is 3. The fourth-order valence-corrected chi connectivity index (χ4v) is 3.60. The first-order chi connectivity index (χ1) is 16.4. The van der Waals surface area contributed by atoms with Crippen LogP contribution in [0.15, 0.2) is 72.8 Å². The Balaban J connectivity index is 1.46. The Bertz CT molecular complexity index is 1180. The fourth-order valence-electron chi connectivity index (χ4n) is 3.60. The van der Waals surface area contributed by atoms with Crippen molar-refractivity contribution in [2.75, 3.05) is 15.5 Å². The van der Waals surface area contributed by atoms with Gasteiger partial charge >= 0.3 is 6.61 Å². The van der Waals surface area contributed by atoms with Gasteiger partial charge in [-0.1, -0.05) is 12.1 Å². The van der Waals surface area contributed by atoms with Crippen LogP contribution in [0.25, 0.3) is 0 Å². The monoisotopic (exact) mass is 465 g/mol. The van der Waals surface area contributed by atoms with Crippen molar-refractivity contribution in [3.63, 3.8) is 0 Å². The molecule has 3 aromatic carbocycles. The van der Waals surface area contributed by atoms with E-state index in [4.69, 9.17) is 0 Å². The van der Waals surface area contributed by atoms with Gasteiger partial charge in [0.1, 0.15) is 5.75 Å². The van der Waals surface area contributed by atoms with Gasteiger partial charge in [-0.2, -0.15) is 8.78 Å². The number of hydrogen-bond donors (Lipinski definition) is 2. The van der Waals surface area contributed by atoms with Gasteiger partial charge in [0.05, 0.1) is 16.9 Å². The highest BCUT2D eigenvalue weighted by Gasteiger charge is 2.27. The second-order valence-electron chi connectivity index (χ2n) is 7.55. The Labute approximate surface area is 194 Å². The molecule has 0 aliphatic carbocycles. The molecule has 0 spiro atoms. The number of benzene rings is 3. The van der Waals surface area contributed by atoms with Crippen LogP contribution in [0.5, 0.6) is 5.75 Å². The predicted octanol–water partition coefficient (Wildman–Crippen LogP) is 5.33. The number of imide groups is 1. The average molecular weight is 465 g/mol. The number of para-hydroxylation sites is 1. The largest absolute Gasteiger partial charge is 0.435 e. The molecular weight excluding hydrogens is 444 g/mol. The maximum Gasteiger partial charge on any atom is 0.387 e. The molecule has 4 rings (SSSR count). The van der Waals surface area contributed by atoms with Crippen molar-refractivity contribution >= 4 is 40.5 Å². The first-order valence-corrected chi connectivity index (χ1v) is 10.6. The van der Waals surface area contributed by atoms with Crippen LogP contribution < -0.4 is 20.3 Å². The smallest absolute Gasteiger partial charge is 0.387 e. The zero-order valence-corrected chi connectivity index (χ0v) is 18.0. The first kappa shape index (κ1) is 22.9. The number of hydrogen-bond acceptors (Lipinski definition) is 5. The van der Waals surface area contributed by atoms with Gasteiger partial charge in [-0.25, -0.2) is 0 Å². The third-order valence-corrected chi connectivity index (χ3v) is 5.19. The summed E-state index contributed by atoms with van der Waals surface area (Å²) < 4.78 is 29.0. The molecule has 0 atom stereocenters. The number of alkyl halides is 2. The van der Waals surface area contributed by atoms with E-state index in [1.165, 1.54) is 17.0 Å². The summed E-state index contributed by atoms with van der Waals surface area (Å²) in [5.41, 5.74) is 2.43. The molecular formula is C25H21F2N3O4. The number of piperidine rings is 1. The number of carbonyl (C=O) groups excluding carboxylic acids is 3. The predicted molar refractivity (Wildman–Crippen MR) is 124 cm³/mol. The van der Waals surface area contributed by atoms with Gasteiger partial charge in [0, 0.05) is 24.2 Å². The number of ether oxygens (including phenoxy) is 1. The van der Waals surface area contributed by atoms with E-state index < -0.39 is 6.61 Å². The highest BCUT2D eigenvalue weighted by atomic mass is 19.3. The third kappa shape index (κ3) is 5.37. The number of nitrogens with one attached hydrogen (secondary N) is 2. The molecule has 7 nitrogen and oxygen atoms in total. The van der Waals surface area contributed by atoms with Crippen LogP contribution in [0.3, 0.4) is 0 Å². The van der Waals surface area contributed by atoms with Crippen LogP contribution >= 0.6 is 0 Å². The van der Waals surface area contributed by atoms with Gasteiger partial charge < -0.3 is 15.4 Å². The molecule has 0 bridgehead atoms. The maximum atomic E-state index is 12.9. The third-order valence-electron chi connectivity index (χ3n) is 5.19. The quantitative estimate of drug-likeness (QED) is 0.461. The Hall–Kier alpha value is -4.27. The molecule has 1 aliphatic heterocycles. The van der Waals surface area contributed by atoms with Crippen LogP contribution in [-0.2, 0) is 9.59 Å². The van der Waals surface area contributed by atoms with Crippen molar-refractivity contribution in [2.45, 2.75) is 25.9 Å². The summed E-state index contributed by atoms with van der Waals surface area (Å²) in [7, 11) is 0. The second-order valence-corrected chi connectivity index (χ2v) is 7.55. The van der Waals surface area contributed by atoms with Crippen molar-refractivity contribution in [3.05, 3.63) is 78.4 Å². The van der Waals surface area contributed by atoms with Crippen molar-refractivity contribution in [1.82, 2.24) is 0 Å². The average Bonchev–Trinajstić information content (AvgIpc) is 2.81. The number of halogens is 2. The van der Waals surface area contributed by atoms with Gasteiger partial charge in [-0.3, -0.25) is 19.3 Å². The number of amides is 3. The molecule has 0 aromatic heterocycles. The van der Waals surface area contributed by atoms with Gasteiger partial charge in [0.2, 0.25) is 11.8 Å². The van der Waals surface area contributed by atoms with Crippen LogP contribution in [0, 0.1) is 0 Å². The Morgan fingerprint density at radius 3 is 2.12 bits per heavy atom. The molecule has 0 unspecified atom stereocenters. The molecule has 1 aliphatic rings. The summed E-state index contributed by atoms with van der Waals surface area (Å²) >= 11 is 0. The molecule has 1 fully saturated rings. The summed E-state index contributed by atoms with van der Waals surface area (Å²) in [5.74, 6) is -0.815. The van der Waals surface area contributed by atoms with Crippen molar-refractivity contribution < 1.29 is 27.9 Å². The molecule has 34 heavy (non-hydrogen) atoms. The molecule has 0 radical (unpaired) electrons. The van der Waals surface area contributed by atoms with E-state index in [1.807, 2.05) is 0 Å². The number of rotatable bonds is 7. The summed E-state index contributed by atoms with van der Waals surface area (Å²) in [6.45, 7) is -2.90. The summed E-state index contributed by atoms with van der Waals surface area (Å²) in [5, 5.41) is 5.89. The fraction of sp³-hybridized carbons (Fsp3) is 0.160. The lowest BCUT2D eigenvalue weighted by Gasteiger charge is -2.25. The second kappa shape index (κ2) is 10.1. The maximum absolute atomic E-state index is 12.9. The van der Waals surface area contributed by atoms with E-state index in [0.29, 0.717) is 47.6 Å². The number of nitrogens with zero attached hydrogens (tertiary/aromatic N) is 1. The highest BCUT2D eigenvalue weighted by Crippen LogP contribution is 2.26. The molecule has 2 N–H and O–H groups in total. The Kier molecular flexibility index (Phi) is 6.82. The van der Waals surface area contributed by atoms with E-state index >= 15 is 0 Å². The minimum absolute atomic E-state index is 0.0305. The molecule has 1 saturated heterocycles. The van der Waals surface area contributed by atoms with Crippen LogP contribution in [0.1, 0.15) is 29.6 Å². The van der Waals surface area contributed by atoms with Crippen LogP contribution in [-0.4, -0.2) is 24.3 Å². The lowest BCUT2D eigenvalue weighted by Crippen LogP contribution is -2.40. The molecule has 0 saturated carbocycles. The van der Waals surface area contributed by atoms with Crippen molar-refractivity contribution in [1.29, 1.82) is 0 Å². The first-order valence-electron chi connectivity index (χ1n) is 10.6. The molecule has 174 valence electrons. The highest BCUT2D eigenvalue weighted by molar-refractivity contribution is 6.16. The number of anilines is 4. The van der Waals surface area contributed by atoms with Gasteiger partial charge in [0.15, 0.2) is 0 Å². The molecule has 3 amide bonds. The Morgan fingerprint density at radius 2 is 1.47 bits per heavy atom. The summed E-state index contributed by atoms with van der Waals surface area (Å²) in [4.78, 5) is 38.3. The minimum atomic E-state index is -2.90. The standard InChI is InChI=1S/C25H21F2N3O4/c26-25(27)34-19-14-10-16(11-15-19)28-21-5-2-1-4-20(21)24(33)29-17-8-12-18(13-9-17)30-22(31)6-3-7-23(30)32/h1-2,4-5,8-15,25,28H,3,6-7H2,(H,29,33). The summed E-state index contributed by atoms with van der Waals surface area (Å²) in [6, 6.07) is 19.2. The Morgan fingerprint density at radius 1 is 0.853 bits per heavy atom. The van der Waals surface area contributed by atoms with E-state index in [-0.39, 0.29) is 23.5 Å². The van der Waals surface area contributed by atoms with Gasteiger partial charge in [-0.05, 0) is 67.1 Å². The lowest BCUT2D eigenvalue weighted by atomic mass is 10.1. The van der Waals surface area contributed by atoms with E-state index in [9.17, 15) is 23.2 Å².